The summed E-state index contributed by atoms with van der Waals surface area (Å²) < 4.78 is 22.6. The molecule has 33 heavy (non-hydrogen) atoms. The average Bonchev–Trinajstić information content (AvgIpc) is 2.84. The van der Waals surface area contributed by atoms with E-state index >= 15 is 0 Å². The van der Waals surface area contributed by atoms with Crippen LogP contribution in [0.15, 0.2) is 29.3 Å². The van der Waals surface area contributed by atoms with Gasteiger partial charge in [-0.3, -0.25) is 9.89 Å². The van der Waals surface area contributed by atoms with Gasteiger partial charge < -0.3 is 29.2 Å². The Morgan fingerprint density at radius 2 is 1.85 bits per heavy atom. The van der Waals surface area contributed by atoms with E-state index in [0.29, 0.717) is 19.3 Å². The van der Waals surface area contributed by atoms with Gasteiger partial charge in [0.1, 0.15) is 12.4 Å². The molecule has 0 atom stereocenters. The minimum absolute atomic E-state index is 0. The predicted octanol–water partition coefficient (Wildman–Crippen LogP) is 2.61. The van der Waals surface area contributed by atoms with E-state index in [1.54, 1.807) is 7.11 Å². The van der Waals surface area contributed by atoms with Crippen molar-refractivity contribution in [2.75, 3.05) is 79.9 Å². The molecule has 0 aliphatic carbocycles. The molecule has 2 heterocycles. The topological polar surface area (TPSA) is 67.8 Å². The second-order valence-corrected chi connectivity index (χ2v) is 8.21. The number of halogens is 1. The molecule has 3 rings (SSSR count). The van der Waals surface area contributed by atoms with Crippen molar-refractivity contribution < 1.29 is 18.9 Å². The van der Waals surface area contributed by atoms with E-state index in [-0.39, 0.29) is 24.0 Å². The molecule has 0 radical (unpaired) electrons. The van der Waals surface area contributed by atoms with Gasteiger partial charge in [0.05, 0.1) is 19.3 Å². The van der Waals surface area contributed by atoms with Crippen LogP contribution < -0.4 is 10.1 Å². The van der Waals surface area contributed by atoms with Crippen molar-refractivity contribution in [2.45, 2.75) is 31.9 Å². The Morgan fingerprint density at radius 1 is 1.09 bits per heavy atom. The van der Waals surface area contributed by atoms with Crippen molar-refractivity contribution in [3.63, 3.8) is 0 Å². The molecule has 2 aliphatic heterocycles. The molecule has 0 spiro atoms. The molecule has 2 fully saturated rings. The van der Waals surface area contributed by atoms with Crippen molar-refractivity contribution >= 4 is 29.9 Å². The van der Waals surface area contributed by atoms with Crippen molar-refractivity contribution in [1.82, 2.24) is 15.1 Å². The zero-order valence-electron chi connectivity index (χ0n) is 20.2. The van der Waals surface area contributed by atoms with Crippen LogP contribution >= 0.6 is 24.0 Å². The molecule has 9 heteroatoms. The van der Waals surface area contributed by atoms with Gasteiger partial charge in [-0.15, -0.1) is 24.0 Å². The fourth-order valence-corrected chi connectivity index (χ4v) is 4.09. The Morgan fingerprint density at radius 3 is 2.58 bits per heavy atom. The lowest BCUT2D eigenvalue weighted by Gasteiger charge is -2.34. The maximum atomic E-state index is 6.12. The number of rotatable bonds is 11. The number of morpholine rings is 1. The van der Waals surface area contributed by atoms with Crippen molar-refractivity contribution in [1.29, 1.82) is 0 Å². The summed E-state index contributed by atoms with van der Waals surface area (Å²) in [6.45, 7) is 9.33. The predicted molar refractivity (Wildman–Crippen MR) is 142 cm³/mol. The maximum absolute atomic E-state index is 6.12. The fraction of sp³-hybridized carbons (Fsp3) is 0.708. The number of hydrogen-bond donors (Lipinski definition) is 1. The van der Waals surface area contributed by atoms with Crippen LogP contribution in [0.5, 0.6) is 5.75 Å². The summed E-state index contributed by atoms with van der Waals surface area (Å²) in [7, 11) is 3.58. The van der Waals surface area contributed by atoms with Crippen LogP contribution in [0, 0.1) is 0 Å². The summed E-state index contributed by atoms with van der Waals surface area (Å²) in [5.74, 6) is 1.87. The van der Waals surface area contributed by atoms with E-state index in [0.717, 1.165) is 95.7 Å². The normalized spacial score (nSPS) is 18.1. The number of benzene rings is 1. The highest BCUT2D eigenvalue weighted by molar-refractivity contribution is 14.0. The van der Waals surface area contributed by atoms with Crippen molar-refractivity contribution in [2.24, 2.45) is 4.99 Å². The van der Waals surface area contributed by atoms with Crippen molar-refractivity contribution in [3.05, 3.63) is 29.8 Å². The summed E-state index contributed by atoms with van der Waals surface area (Å²) in [4.78, 5) is 9.21. The lowest BCUT2D eigenvalue weighted by molar-refractivity contribution is 0.00989. The molecule has 1 aromatic carbocycles. The van der Waals surface area contributed by atoms with E-state index in [4.69, 9.17) is 18.9 Å². The van der Waals surface area contributed by atoms with Gasteiger partial charge >= 0.3 is 0 Å². The smallest absolute Gasteiger partial charge is 0.193 e. The van der Waals surface area contributed by atoms with Crippen LogP contribution in [0.4, 0.5) is 0 Å². The summed E-state index contributed by atoms with van der Waals surface area (Å²) in [6, 6.07) is 8.25. The third-order valence-electron chi connectivity index (χ3n) is 5.98. The number of methoxy groups -OCH3 is 1. The van der Waals surface area contributed by atoms with Gasteiger partial charge in [-0.1, -0.05) is 18.2 Å². The second kappa shape index (κ2) is 16.5. The van der Waals surface area contributed by atoms with Crippen LogP contribution in [0.2, 0.25) is 0 Å². The number of para-hydroxylation sites is 1. The summed E-state index contributed by atoms with van der Waals surface area (Å²) in [5.41, 5.74) is 1.15. The summed E-state index contributed by atoms with van der Waals surface area (Å²) >= 11 is 0. The molecular weight excluding hydrogens is 535 g/mol. The number of guanidine groups is 1. The Balaban J connectivity index is 0.00000385. The highest BCUT2D eigenvalue weighted by Crippen LogP contribution is 2.19. The Bertz CT molecular complexity index is 680. The minimum atomic E-state index is 0. The molecule has 1 aromatic rings. The number of piperidine rings is 1. The first-order valence-electron chi connectivity index (χ1n) is 11.9. The molecular formula is C24H41IN4O4. The van der Waals surface area contributed by atoms with Gasteiger partial charge in [-0.05, 0) is 25.3 Å². The Labute approximate surface area is 216 Å². The molecule has 0 saturated carbocycles. The number of aliphatic imine (C=N–C) groups is 1. The third-order valence-corrected chi connectivity index (χ3v) is 5.98. The zero-order chi connectivity index (χ0) is 22.4. The zero-order valence-corrected chi connectivity index (χ0v) is 22.5. The first kappa shape index (κ1) is 28.1. The molecule has 188 valence electrons. The molecule has 1 N–H and O–H groups in total. The fourth-order valence-electron chi connectivity index (χ4n) is 4.09. The Hall–Kier alpha value is -1.14. The van der Waals surface area contributed by atoms with Gasteiger partial charge in [-0.25, -0.2) is 0 Å². The highest BCUT2D eigenvalue weighted by atomic mass is 127. The van der Waals surface area contributed by atoms with E-state index in [2.05, 4.69) is 32.2 Å². The standard InChI is InChI=1S/C24H40N4O4.HI/c1-25-24(28-10-8-22(9-11-28)31-16-5-15-29-2)26-20-21-6-3-4-7-23(21)32-19-14-27-12-17-30-18-13-27;/h3-4,6-7,22H,5,8-20H2,1-2H3,(H,25,26);1H. The van der Waals surface area contributed by atoms with E-state index in [1.165, 1.54) is 0 Å². The number of likely N-dealkylation sites (tertiary alicyclic amines) is 1. The molecule has 0 unspecified atom stereocenters. The van der Waals surface area contributed by atoms with Gasteiger partial charge in [0.15, 0.2) is 5.96 Å². The van der Waals surface area contributed by atoms with Crippen LogP contribution in [-0.2, 0) is 20.8 Å². The SMILES string of the molecule is CN=C(NCc1ccccc1OCCN1CCOCC1)N1CCC(OCCCOC)CC1.I. The molecule has 2 aliphatic rings. The van der Waals surface area contributed by atoms with E-state index in [9.17, 15) is 0 Å². The second-order valence-electron chi connectivity index (χ2n) is 8.21. The summed E-state index contributed by atoms with van der Waals surface area (Å²) in [6.07, 6.45) is 3.33. The molecule has 0 bridgehead atoms. The lowest BCUT2D eigenvalue weighted by atomic mass is 10.1. The third kappa shape index (κ3) is 9.94. The van der Waals surface area contributed by atoms with Gasteiger partial charge in [0, 0.05) is 72.2 Å². The van der Waals surface area contributed by atoms with E-state index < -0.39 is 0 Å². The number of nitrogens with zero attached hydrogens (tertiary/aromatic N) is 3. The van der Waals surface area contributed by atoms with Gasteiger partial charge in [0.25, 0.3) is 0 Å². The largest absolute Gasteiger partial charge is 0.492 e. The van der Waals surface area contributed by atoms with Crippen LogP contribution in [0.25, 0.3) is 0 Å². The van der Waals surface area contributed by atoms with Gasteiger partial charge in [-0.2, -0.15) is 0 Å². The first-order chi connectivity index (χ1) is 15.8. The first-order valence-corrected chi connectivity index (χ1v) is 11.9. The minimum Gasteiger partial charge on any atom is -0.492 e. The lowest BCUT2D eigenvalue weighted by Crippen LogP contribution is -2.46. The van der Waals surface area contributed by atoms with Crippen LogP contribution in [-0.4, -0.2) is 102 Å². The molecule has 0 amide bonds. The summed E-state index contributed by atoms with van der Waals surface area (Å²) in [5, 5.41) is 3.52. The van der Waals surface area contributed by atoms with Crippen LogP contribution in [0.1, 0.15) is 24.8 Å². The number of nitrogens with one attached hydrogen (secondary N) is 1. The van der Waals surface area contributed by atoms with Gasteiger partial charge in [0.2, 0.25) is 0 Å². The van der Waals surface area contributed by atoms with Crippen molar-refractivity contribution in [3.8, 4) is 5.75 Å². The maximum Gasteiger partial charge on any atom is 0.193 e. The average molecular weight is 577 g/mol. The quantitative estimate of drug-likeness (QED) is 0.188. The number of hydrogen-bond acceptors (Lipinski definition) is 6. The molecule has 8 nitrogen and oxygen atoms in total. The molecule has 0 aromatic heterocycles. The molecule has 2 saturated heterocycles. The highest BCUT2D eigenvalue weighted by Gasteiger charge is 2.22. The van der Waals surface area contributed by atoms with E-state index in [1.807, 2.05) is 19.2 Å². The Kier molecular flexibility index (Phi) is 14.0. The monoisotopic (exact) mass is 576 g/mol. The number of ether oxygens (including phenoxy) is 4. The van der Waals surface area contributed by atoms with Crippen LogP contribution in [0.3, 0.4) is 0 Å².